The molecule has 0 atom stereocenters. The molecule has 4 nitrogen and oxygen atoms in total. The van der Waals surface area contributed by atoms with Crippen LogP contribution in [-0.2, 0) is 9.53 Å². The van der Waals surface area contributed by atoms with Gasteiger partial charge in [0.05, 0.1) is 20.1 Å². The molecule has 0 saturated carbocycles. The molecule has 46 valence electrons. The number of methoxy groups -OCH3 is 1. The van der Waals surface area contributed by atoms with Crippen LogP contribution in [0.4, 0.5) is 0 Å². The van der Waals surface area contributed by atoms with Crippen molar-refractivity contribution in [1.82, 2.24) is 0 Å². The van der Waals surface area contributed by atoms with Crippen molar-refractivity contribution >= 4 is 5.97 Å². The summed E-state index contributed by atoms with van der Waals surface area (Å²) in [5.74, 6) is -0.319. The molecule has 4 heteroatoms. The van der Waals surface area contributed by atoms with Gasteiger partial charge in [0, 0.05) is 0 Å². The van der Waals surface area contributed by atoms with E-state index in [9.17, 15) is 4.79 Å². The van der Waals surface area contributed by atoms with Crippen molar-refractivity contribution < 1.29 is 9.53 Å². The Morgan fingerprint density at radius 3 is 2.88 bits per heavy atom. The summed E-state index contributed by atoms with van der Waals surface area (Å²) in [6.45, 7) is 0.229. The largest absolute Gasteiger partial charge is 0.469 e. The first-order valence-corrected chi connectivity index (χ1v) is 2.21. The summed E-state index contributed by atoms with van der Waals surface area (Å²) in [7, 11) is 1.31. The molecule has 0 aromatic carbocycles. The van der Waals surface area contributed by atoms with E-state index in [-0.39, 0.29) is 18.9 Å². The van der Waals surface area contributed by atoms with Gasteiger partial charge in [0.2, 0.25) is 0 Å². The van der Waals surface area contributed by atoms with Crippen LogP contribution in [0.2, 0.25) is 0 Å². The van der Waals surface area contributed by atoms with Gasteiger partial charge in [-0.3, -0.25) is 4.79 Å². The minimum Gasteiger partial charge on any atom is -0.469 e. The maximum absolute atomic E-state index is 10.2. The quantitative estimate of drug-likeness (QED) is 0.433. The monoisotopic (exact) mass is 116 g/mol. The van der Waals surface area contributed by atoms with Crippen LogP contribution in [0.3, 0.4) is 0 Å². The summed E-state index contributed by atoms with van der Waals surface area (Å²) >= 11 is 0. The number of carbonyl (C=O) groups is 1. The van der Waals surface area contributed by atoms with Crippen LogP contribution in [-0.4, -0.2) is 19.6 Å². The number of rotatable bonds is 3. The molecule has 0 heterocycles. The topological polar surface area (TPSA) is 62.5 Å². The molecule has 0 aromatic rings. The van der Waals surface area contributed by atoms with E-state index in [0.717, 1.165) is 0 Å². The van der Waals surface area contributed by atoms with Crippen LogP contribution in [0, 0.1) is 5.53 Å². The molecule has 0 aliphatic rings. The van der Waals surface area contributed by atoms with Gasteiger partial charge >= 0.3 is 5.97 Å². The second-order valence-corrected chi connectivity index (χ2v) is 1.21. The highest BCUT2D eigenvalue weighted by Gasteiger charge is 1.95. The second kappa shape index (κ2) is 4.23. The Morgan fingerprint density at radius 1 is 1.88 bits per heavy atom. The van der Waals surface area contributed by atoms with E-state index in [1.54, 1.807) is 0 Å². The van der Waals surface area contributed by atoms with Gasteiger partial charge in [0.25, 0.3) is 0 Å². The van der Waals surface area contributed by atoms with Crippen LogP contribution >= 0.6 is 0 Å². The number of ether oxygens (including phenoxy) is 1. The van der Waals surface area contributed by atoms with Crippen LogP contribution in [0.5, 0.6) is 0 Å². The minimum atomic E-state index is -0.319. The maximum atomic E-state index is 10.2. The fourth-order valence-electron chi connectivity index (χ4n) is 0.249. The van der Waals surface area contributed by atoms with E-state index < -0.39 is 0 Å². The molecular formula is C4H8N2O2. The number of esters is 1. The van der Waals surface area contributed by atoms with Gasteiger partial charge in [-0.15, -0.1) is 0 Å². The predicted octanol–water partition coefficient (Wildman–Crippen LogP) is 0.580. The van der Waals surface area contributed by atoms with Gasteiger partial charge in [-0.2, -0.15) is 5.11 Å². The molecule has 1 N–H and O–H groups in total. The third kappa shape index (κ3) is 3.27. The molecule has 0 fully saturated rings. The van der Waals surface area contributed by atoms with E-state index in [1.165, 1.54) is 7.11 Å². The minimum absolute atomic E-state index is 0.208. The molecule has 0 bridgehead atoms. The van der Waals surface area contributed by atoms with Gasteiger partial charge in [0.15, 0.2) is 0 Å². The summed E-state index contributed by atoms with van der Waals surface area (Å²) in [5.41, 5.74) is 6.29. The third-order valence-corrected chi connectivity index (χ3v) is 0.655. The number of hydrogen-bond acceptors (Lipinski definition) is 4. The average Bonchev–Trinajstić information content (AvgIpc) is 1.83. The second-order valence-electron chi connectivity index (χ2n) is 1.21. The summed E-state index contributed by atoms with van der Waals surface area (Å²) in [5, 5.41) is 2.97. The predicted molar refractivity (Wildman–Crippen MR) is 26.6 cm³/mol. The van der Waals surface area contributed by atoms with Crippen molar-refractivity contribution in [2.24, 2.45) is 5.11 Å². The Balaban J connectivity index is 3.11. The fourth-order valence-corrected chi connectivity index (χ4v) is 0.249. The molecule has 0 rings (SSSR count). The molecule has 0 amide bonds. The molecule has 0 unspecified atom stereocenters. The zero-order valence-electron chi connectivity index (χ0n) is 4.68. The summed E-state index contributed by atoms with van der Waals surface area (Å²) in [6, 6.07) is 0. The van der Waals surface area contributed by atoms with Gasteiger partial charge in [-0.1, -0.05) is 0 Å². The standard InChI is InChI=1S/C4H8N2O2/c1-8-4(7)2-3-6-5/h5H,2-3H2,1H3. The smallest absolute Gasteiger partial charge is 0.307 e. The van der Waals surface area contributed by atoms with Crippen LogP contribution in [0.1, 0.15) is 6.42 Å². The van der Waals surface area contributed by atoms with Crippen molar-refractivity contribution in [2.75, 3.05) is 13.7 Å². The Bertz CT molecular complexity index is 92.0. The van der Waals surface area contributed by atoms with Crippen molar-refractivity contribution in [3.63, 3.8) is 0 Å². The van der Waals surface area contributed by atoms with Gasteiger partial charge in [-0.25, -0.2) is 5.53 Å². The molecule has 0 spiro atoms. The highest BCUT2D eigenvalue weighted by atomic mass is 16.5. The van der Waals surface area contributed by atoms with Gasteiger partial charge in [-0.05, 0) is 0 Å². The van der Waals surface area contributed by atoms with Gasteiger partial charge in [0.1, 0.15) is 0 Å². The molecule has 0 aliphatic carbocycles. The zero-order valence-corrected chi connectivity index (χ0v) is 4.68. The summed E-state index contributed by atoms with van der Waals surface area (Å²) < 4.78 is 4.27. The Hall–Kier alpha value is -0.930. The lowest BCUT2D eigenvalue weighted by molar-refractivity contribution is -0.140. The first-order chi connectivity index (χ1) is 3.81. The van der Waals surface area contributed by atoms with Crippen LogP contribution in [0.15, 0.2) is 5.11 Å². The Labute approximate surface area is 47.3 Å². The zero-order chi connectivity index (χ0) is 6.41. The molecule has 0 aromatic heterocycles. The molecule has 0 radical (unpaired) electrons. The van der Waals surface area contributed by atoms with Crippen molar-refractivity contribution in [3.05, 3.63) is 0 Å². The fraction of sp³-hybridized carbons (Fsp3) is 0.750. The van der Waals surface area contributed by atoms with Crippen molar-refractivity contribution in [1.29, 1.82) is 5.53 Å². The highest BCUT2D eigenvalue weighted by Crippen LogP contribution is 1.82. The first-order valence-electron chi connectivity index (χ1n) is 2.21. The Morgan fingerprint density at radius 2 is 2.50 bits per heavy atom. The number of hydrogen-bond donors (Lipinski definition) is 1. The molecule has 0 aliphatic heterocycles. The van der Waals surface area contributed by atoms with Crippen molar-refractivity contribution in [2.45, 2.75) is 6.42 Å². The van der Waals surface area contributed by atoms with E-state index in [4.69, 9.17) is 5.53 Å². The SMILES string of the molecule is COC(=O)CCN=N. The molecule has 0 saturated heterocycles. The lowest BCUT2D eigenvalue weighted by Crippen LogP contribution is -2.00. The first kappa shape index (κ1) is 7.07. The molecular weight excluding hydrogens is 108 g/mol. The van der Waals surface area contributed by atoms with Crippen LogP contribution < -0.4 is 0 Å². The van der Waals surface area contributed by atoms with Crippen molar-refractivity contribution in [3.8, 4) is 0 Å². The Kier molecular flexibility index (Phi) is 3.74. The number of nitrogens with zero attached hydrogens (tertiary/aromatic N) is 1. The van der Waals surface area contributed by atoms with E-state index >= 15 is 0 Å². The molecule has 8 heavy (non-hydrogen) atoms. The van der Waals surface area contributed by atoms with Crippen LogP contribution in [0.25, 0.3) is 0 Å². The van der Waals surface area contributed by atoms with E-state index in [0.29, 0.717) is 0 Å². The van der Waals surface area contributed by atoms with Gasteiger partial charge < -0.3 is 4.74 Å². The normalized spacial score (nSPS) is 8.12. The third-order valence-electron chi connectivity index (χ3n) is 0.655. The summed E-state index contributed by atoms with van der Waals surface area (Å²) in [6.07, 6.45) is 0.208. The highest BCUT2D eigenvalue weighted by molar-refractivity contribution is 5.69. The summed E-state index contributed by atoms with van der Waals surface area (Å²) in [4.78, 5) is 10.2. The number of carbonyl (C=O) groups excluding carboxylic acids is 1. The lowest BCUT2D eigenvalue weighted by Gasteiger charge is -1.91. The number of nitrogens with one attached hydrogen (secondary N) is 1. The average molecular weight is 116 g/mol. The van der Waals surface area contributed by atoms with E-state index in [2.05, 4.69) is 9.85 Å². The lowest BCUT2D eigenvalue weighted by atomic mass is 10.4. The maximum Gasteiger partial charge on any atom is 0.307 e. The van der Waals surface area contributed by atoms with E-state index in [1.807, 2.05) is 0 Å².